The van der Waals surface area contributed by atoms with Crippen molar-refractivity contribution in [2.45, 2.75) is 38.0 Å². The van der Waals surface area contributed by atoms with Gasteiger partial charge in [0.15, 0.2) is 6.61 Å². The molecule has 1 heterocycles. The van der Waals surface area contributed by atoms with Gasteiger partial charge < -0.3 is 9.64 Å². The SMILES string of the molecule is C/C=C/C(=O)OCC(=O)N1CCN(S(=O)(=O)c2ccc([C@@H](C)CC)cc2)CC1. The lowest BCUT2D eigenvalue weighted by atomic mass is 9.99. The molecule has 7 nitrogen and oxygen atoms in total. The smallest absolute Gasteiger partial charge is 0.330 e. The van der Waals surface area contributed by atoms with Crippen molar-refractivity contribution < 1.29 is 22.7 Å². The number of allylic oxidation sites excluding steroid dienone is 1. The molecule has 154 valence electrons. The molecule has 1 aliphatic heterocycles. The van der Waals surface area contributed by atoms with Crippen LogP contribution in [0.5, 0.6) is 0 Å². The van der Waals surface area contributed by atoms with Gasteiger partial charge in [0.05, 0.1) is 4.90 Å². The number of carbonyl (C=O) groups excluding carboxylic acids is 2. The second kappa shape index (κ2) is 9.84. The molecule has 2 rings (SSSR count). The Labute approximate surface area is 167 Å². The topological polar surface area (TPSA) is 84.0 Å². The Kier molecular flexibility index (Phi) is 7.77. The molecule has 28 heavy (non-hydrogen) atoms. The maximum Gasteiger partial charge on any atom is 0.330 e. The average Bonchev–Trinajstić information content (AvgIpc) is 2.71. The molecule has 0 radical (unpaired) electrons. The van der Waals surface area contributed by atoms with Gasteiger partial charge in [0, 0.05) is 32.3 Å². The Morgan fingerprint density at radius 3 is 2.29 bits per heavy atom. The van der Waals surface area contributed by atoms with Crippen molar-refractivity contribution in [1.82, 2.24) is 9.21 Å². The molecule has 0 bridgehead atoms. The van der Waals surface area contributed by atoms with Crippen LogP contribution in [0.15, 0.2) is 41.3 Å². The zero-order valence-corrected chi connectivity index (χ0v) is 17.4. The first-order valence-corrected chi connectivity index (χ1v) is 10.9. The van der Waals surface area contributed by atoms with Crippen LogP contribution in [0.1, 0.15) is 38.7 Å². The van der Waals surface area contributed by atoms with E-state index in [-0.39, 0.29) is 43.6 Å². The lowest BCUT2D eigenvalue weighted by molar-refractivity contribution is -0.148. The first kappa shape index (κ1) is 22.1. The summed E-state index contributed by atoms with van der Waals surface area (Å²) in [7, 11) is -3.59. The van der Waals surface area contributed by atoms with Crippen molar-refractivity contribution in [3.63, 3.8) is 0 Å². The summed E-state index contributed by atoms with van der Waals surface area (Å²) >= 11 is 0. The molecule has 1 saturated heterocycles. The van der Waals surface area contributed by atoms with Crippen molar-refractivity contribution in [1.29, 1.82) is 0 Å². The second-order valence-corrected chi connectivity index (χ2v) is 8.71. The van der Waals surface area contributed by atoms with Crippen LogP contribution in [0.25, 0.3) is 0 Å². The normalized spacial score (nSPS) is 16.9. The van der Waals surface area contributed by atoms with Crippen molar-refractivity contribution in [2.24, 2.45) is 0 Å². The van der Waals surface area contributed by atoms with Gasteiger partial charge in [-0.1, -0.05) is 32.1 Å². The van der Waals surface area contributed by atoms with E-state index in [1.54, 1.807) is 19.1 Å². The number of ether oxygens (including phenoxy) is 1. The molecule has 1 fully saturated rings. The van der Waals surface area contributed by atoms with Crippen molar-refractivity contribution >= 4 is 21.9 Å². The minimum Gasteiger partial charge on any atom is -0.452 e. The number of carbonyl (C=O) groups is 2. The van der Waals surface area contributed by atoms with Gasteiger partial charge >= 0.3 is 5.97 Å². The van der Waals surface area contributed by atoms with Gasteiger partial charge in [-0.3, -0.25) is 4.79 Å². The minimum absolute atomic E-state index is 0.212. The summed E-state index contributed by atoms with van der Waals surface area (Å²) < 4.78 is 31.9. The highest BCUT2D eigenvalue weighted by Crippen LogP contribution is 2.23. The predicted molar refractivity (Wildman–Crippen MR) is 106 cm³/mol. The lowest BCUT2D eigenvalue weighted by Gasteiger charge is -2.33. The molecule has 0 aromatic heterocycles. The van der Waals surface area contributed by atoms with E-state index in [1.807, 2.05) is 12.1 Å². The summed E-state index contributed by atoms with van der Waals surface area (Å²) in [6.07, 6.45) is 3.77. The summed E-state index contributed by atoms with van der Waals surface area (Å²) in [5, 5.41) is 0. The molecule has 0 N–H and O–H groups in total. The van der Waals surface area contributed by atoms with Crippen LogP contribution < -0.4 is 0 Å². The summed E-state index contributed by atoms with van der Waals surface area (Å²) in [5.41, 5.74) is 1.12. The highest BCUT2D eigenvalue weighted by molar-refractivity contribution is 7.89. The number of amides is 1. The molecule has 8 heteroatoms. The number of esters is 1. The average molecular weight is 409 g/mol. The van der Waals surface area contributed by atoms with Crippen LogP contribution >= 0.6 is 0 Å². The fraction of sp³-hybridized carbons (Fsp3) is 0.500. The van der Waals surface area contributed by atoms with Gasteiger partial charge in [0.1, 0.15) is 0 Å². The molecule has 0 aliphatic carbocycles. The number of hydrogen-bond acceptors (Lipinski definition) is 5. The third kappa shape index (κ3) is 5.42. The van der Waals surface area contributed by atoms with Crippen LogP contribution in [-0.4, -0.2) is 62.3 Å². The quantitative estimate of drug-likeness (QED) is 0.510. The Morgan fingerprint density at radius 1 is 1.14 bits per heavy atom. The van der Waals surface area contributed by atoms with E-state index in [9.17, 15) is 18.0 Å². The van der Waals surface area contributed by atoms with Crippen molar-refractivity contribution in [3.8, 4) is 0 Å². The molecular weight excluding hydrogens is 380 g/mol. The third-order valence-corrected chi connectivity index (χ3v) is 6.84. The molecule has 1 atom stereocenters. The number of hydrogen-bond donors (Lipinski definition) is 0. The van der Waals surface area contributed by atoms with Crippen LogP contribution in [-0.2, 0) is 24.3 Å². The van der Waals surface area contributed by atoms with Crippen LogP contribution in [0.3, 0.4) is 0 Å². The monoisotopic (exact) mass is 408 g/mol. The number of piperazine rings is 1. The molecule has 1 amide bonds. The number of sulfonamides is 1. The summed E-state index contributed by atoms with van der Waals surface area (Å²) in [4.78, 5) is 25.2. The fourth-order valence-electron chi connectivity index (χ4n) is 2.94. The first-order chi connectivity index (χ1) is 13.3. The van der Waals surface area contributed by atoms with E-state index in [1.165, 1.54) is 21.4 Å². The molecule has 1 aromatic rings. The number of benzene rings is 1. The maximum absolute atomic E-state index is 12.8. The van der Waals surface area contributed by atoms with Gasteiger partial charge in [-0.15, -0.1) is 0 Å². The van der Waals surface area contributed by atoms with Gasteiger partial charge in [-0.05, 0) is 37.0 Å². The maximum atomic E-state index is 12.8. The Morgan fingerprint density at radius 2 is 1.75 bits per heavy atom. The zero-order valence-electron chi connectivity index (χ0n) is 16.6. The molecule has 0 spiro atoms. The van der Waals surface area contributed by atoms with E-state index in [4.69, 9.17) is 4.74 Å². The van der Waals surface area contributed by atoms with Gasteiger partial charge in [-0.25, -0.2) is 13.2 Å². The standard InChI is InChI=1S/C20H28N2O5S/c1-4-6-20(24)27-15-19(23)21-11-13-22(14-12-21)28(25,26)18-9-7-17(8-10-18)16(3)5-2/h4,6-10,16H,5,11-15H2,1-3H3/b6-4+/t16-/m0/s1. The van der Waals surface area contributed by atoms with Crippen molar-refractivity contribution in [2.75, 3.05) is 32.8 Å². The second-order valence-electron chi connectivity index (χ2n) is 6.77. The summed E-state index contributed by atoms with van der Waals surface area (Å²) in [6, 6.07) is 7.02. The Balaban J connectivity index is 1.94. The van der Waals surface area contributed by atoms with Crippen LogP contribution in [0.2, 0.25) is 0 Å². The van der Waals surface area contributed by atoms with E-state index < -0.39 is 16.0 Å². The van der Waals surface area contributed by atoms with E-state index in [0.29, 0.717) is 5.92 Å². The third-order valence-electron chi connectivity index (χ3n) is 4.93. The van der Waals surface area contributed by atoms with Crippen LogP contribution in [0.4, 0.5) is 0 Å². The highest BCUT2D eigenvalue weighted by Gasteiger charge is 2.30. The van der Waals surface area contributed by atoms with E-state index in [2.05, 4.69) is 13.8 Å². The number of nitrogens with zero attached hydrogens (tertiary/aromatic N) is 2. The van der Waals surface area contributed by atoms with Gasteiger partial charge in [0.2, 0.25) is 10.0 Å². The fourth-order valence-corrected chi connectivity index (χ4v) is 4.36. The largest absolute Gasteiger partial charge is 0.452 e. The molecular formula is C20H28N2O5S. The first-order valence-electron chi connectivity index (χ1n) is 9.47. The van der Waals surface area contributed by atoms with E-state index >= 15 is 0 Å². The highest BCUT2D eigenvalue weighted by atomic mass is 32.2. The van der Waals surface area contributed by atoms with Crippen molar-refractivity contribution in [3.05, 3.63) is 42.0 Å². The Hall–Kier alpha value is -2.19. The van der Waals surface area contributed by atoms with Gasteiger partial charge in [-0.2, -0.15) is 4.31 Å². The van der Waals surface area contributed by atoms with E-state index in [0.717, 1.165) is 12.0 Å². The molecule has 1 aliphatic rings. The minimum atomic E-state index is -3.59. The number of rotatable bonds is 7. The van der Waals surface area contributed by atoms with Gasteiger partial charge in [0.25, 0.3) is 5.91 Å². The van der Waals surface area contributed by atoms with Crippen LogP contribution in [0, 0.1) is 0 Å². The lowest BCUT2D eigenvalue weighted by Crippen LogP contribution is -2.51. The predicted octanol–water partition coefficient (Wildman–Crippen LogP) is 2.15. The molecule has 0 unspecified atom stereocenters. The molecule has 1 aromatic carbocycles. The zero-order chi connectivity index (χ0) is 20.7. The summed E-state index contributed by atoms with van der Waals surface area (Å²) in [5.74, 6) is -0.515. The Bertz CT molecular complexity index is 810. The molecule has 0 saturated carbocycles. The summed E-state index contributed by atoms with van der Waals surface area (Å²) in [6.45, 7) is 6.50.